The van der Waals surface area contributed by atoms with Gasteiger partial charge >= 0.3 is 7.12 Å². The van der Waals surface area contributed by atoms with Crippen molar-refractivity contribution in [2.24, 2.45) is 0 Å². The molecular weight excluding hydrogens is 355 g/mol. The number of benzene rings is 1. The molecule has 1 saturated heterocycles. The predicted molar refractivity (Wildman–Crippen MR) is 107 cm³/mol. The molecular formula is C21H27BN2O4. The van der Waals surface area contributed by atoms with Crippen LogP contribution in [-0.4, -0.2) is 35.8 Å². The van der Waals surface area contributed by atoms with Gasteiger partial charge in [0.05, 0.1) is 35.1 Å². The molecule has 7 heteroatoms. The lowest BCUT2D eigenvalue weighted by molar-refractivity contribution is 0.00578. The lowest BCUT2D eigenvalue weighted by Gasteiger charge is -2.32. The Bertz CT molecular complexity index is 847. The van der Waals surface area contributed by atoms with E-state index in [1.807, 2.05) is 64.1 Å². The van der Waals surface area contributed by atoms with E-state index in [-0.39, 0.29) is 11.9 Å². The van der Waals surface area contributed by atoms with Gasteiger partial charge in [-0.3, -0.25) is 4.79 Å². The van der Waals surface area contributed by atoms with Gasteiger partial charge in [0.25, 0.3) is 5.91 Å². The van der Waals surface area contributed by atoms with E-state index in [4.69, 9.17) is 14.0 Å². The first-order chi connectivity index (χ1) is 13.3. The summed E-state index contributed by atoms with van der Waals surface area (Å²) >= 11 is 0. The van der Waals surface area contributed by atoms with E-state index < -0.39 is 18.3 Å². The molecule has 0 saturated carbocycles. The topological polar surface area (TPSA) is 72.6 Å². The van der Waals surface area contributed by atoms with Crippen LogP contribution >= 0.6 is 0 Å². The van der Waals surface area contributed by atoms with Crippen LogP contribution in [0.4, 0.5) is 0 Å². The van der Waals surface area contributed by atoms with Crippen molar-refractivity contribution in [1.82, 2.24) is 10.3 Å². The monoisotopic (exact) mass is 382 g/mol. The number of fused-ring (bicyclic) bond motifs is 1. The molecule has 1 fully saturated rings. The Morgan fingerprint density at radius 2 is 1.79 bits per heavy atom. The molecule has 2 N–H and O–H groups in total. The maximum Gasteiger partial charge on any atom is 0.512 e. The molecule has 1 amide bonds. The van der Waals surface area contributed by atoms with E-state index in [1.54, 1.807) is 0 Å². The quantitative estimate of drug-likeness (QED) is 0.595. The minimum atomic E-state index is -0.501. The van der Waals surface area contributed by atoms with Gasteiger partial charge in [0, 0.05) is 12.2 Å². The van der Waals surface area contributed by atoms with Gasteiger partial charge in [-0.15, -0.1) is 0 Å². The second-order valence-electron chi connectivity index (χ2n) is 8.49. The zero-order valence-corrected chi connectivity index (χ0v) is 16.9. The number of carbonyl (C=O) groups excluding carboxylic acids is 1. The highest BCUT2D eigenvalue weighted by atomic mass is 16.7. The minimum absolute atomic E-state index is 0.0675. The Labute approximate surface area is 166 Å². The van der Waals surface area contributed by atoms with Crippen molar-refractivity contribution in [2.45, 2.75) is 58.0 Å². The summed E-state index contributed by atoms with van der Waals surface area (Å²) in [6.07, 6.45) is 0.703. The summed E-state index contributed by atoms with van der Waals surface area (Å²) < 4.78 is 18.0. The first-order valence-electron chi connectivity index (χ1n) is 9.78. The van der Waals surface area contributed by atoms with E-state index in [2.05, 4.69) is 10.3 Å². The summed E-state index contributed by atoms with van der Waals surface area (Å²) in [5, 5.41) is 3.02. The van der Waals surface area contributed by atoms with Gasteiger partial charge in [-0.1, -0.05) is 30.3 Å². The summed E-state index contributed by atoms with van der Waals surface area (Å²) in [4.78, 5) is 15.7. The standard InChI is InChI=1S/C21H27BN2O4/c1-20(2)21(3,4)28-22(27-20)17-12-15-18(24-17)16(23-19(15)25)10-11-26-13-14-8-6-5-7-9-14/h5-9,12,16,24H,10-11,13H2,1-4H3,(H,23,25). The minimum Gasteiger partial charge on any atom is -0.398 e. The molecule has 2 aromatic rings. The van der Waals surface area contributed by atoms with Gasteiger partial charge in [-0.2, -0.15) is 0 Å². The fourth-order valence-corrected chi connectivity index (χ4v) is 3.54. The Balaban J connectivity index is 1.39. The van der Waals surface area contributed by atoms with Crippen LogP contribution in [0.25, 0.3) is 0 Å². The van der Waals surface area contributed by atoms with Crippen LogP contribution in [0.3, 0.4) is 0 Å². The van der Waals surface area contributed by atoms with Crippen molar-refractivity contribution >= 4 is 18.6 Å². The number of aromatic amines is 1. The highest BCUT2D eigenvalue weighted by Gasteiger charge is 2.52. The third kappa shape index (κ3) is 3.50. The fraction of sp³-hybridized carbons (Fsp3) is 0.476. The zero-order chi connectivity index (χ0) is 19.9. The molecule has 1 aromatic carbocycles. The van der Waals surface area contributed by atoms with Crippen LogP contribution < -0.4 is 10.9 Å². The van der Waals surface area contributed by atoms with Crippen LogP contribution in [0.5, 0.6) is 0 Å². The van der Waals surface area contributed by atoms with Crippen molar-refractivity contribution in [1.29, 1.82) is 0 Å². The van der Waals surface area contributed by atoms with Crippen LogP contribution in [0.15, 0.2) is 36.4 Å². The summed E-state index contributed by atoms with van der Waals surface area (Å²) in [5.74, 6) is -0.0675. The Kier molecular flexibility index (Phi) is 4.85. The van der Waals surface area contributed by atoms with Gasteiger partial charge in [-0.25, -0.2) is 0 Å². The van der Waals surface area contributed by atoms with Crippen molar-refractivity contribution < 1.29 is 18.8 Å². The first kappa shape index (κ1) is 19.2. The molecule has 148 valence electrons. The molecule has 1 aromatic heterocycles. The van der Waals surface area contributed by atoms with Crippen LogP contribution in [0, 0.1) is 0 Å². The highest BCUT2D eigenvalue weighted by molar-refractivity contribution is 6.61. The lowest BCUT2D eigenvalue weighted by Crippen LogP contribution is -2.41. The maximum absolute atomic E-state index is 12.4. The molecule has 1 unspecified atom stereocenters. The number of rotatable bonds is 6. The van der Waals surface area contributed by atoms with E-state index in [0.29, 0.717) is 25.2 Å². The number of amides is 1. The number of aromatic nitrogens is 1. The van der Waals surface area contributed by atoms with Gasteiger partial charge in [-0.05, 0) is 45.7 Å². The van der Waals surface area contributed by atoms with Crippen LogP contribution in [0.2, 0.25) is 0 Å². The molecule has 0 bridgehead atoms. The zero-order valence-electron chi connectivity index (χ0n) is 16.9. The second kappa shape index (κ2) is 7.06. The average molecular weight is 382 g/mol. The SMILES string of the molecule is CC1(C)OB(c2cc3c([nH]2)C(CCOCc2ccccc2)NC3=O)OC1(C)C. The molecule has 0 radical (unpaired) electrons. The van der Waals surface area contributed by atoms with Crippen molar-refractivity contribution in [3.05, 3.63) is 53.2 Å². The fourth-order valence-electron chi connectivity index (χ4n) is 3.54. The molecule has 4 rings (SSSR count). The van der Waals surface area contributed by atoms with E-state index in [0.717, 1.165) is 16.9 Å². The highest BCUT2D eigenvalue weighted by Crippen LogP contribution is 2.37. The largest absolute Gasteiger partial charge is 0.512 e. The smallest absolute Gasteiger partial charge is 0.398 e. The lowest BCUT2D eigenvalue weighted by atomic mass is 9.85. The van der Waals surface area contributed by atoms with Crippen molar-refractivity contribution in [2.75, 3.05) is 6.61 Å². The van der Waals surface area contributed by atoms with E-state index in [1.165, 1.54) is 0 Å². The number of hydrogen-bond acceptors (Lipinski definition) is 4. The molecule has 3 heterocycles. The van der Waals surface area contributed by atoms with Crippen LogP contribution in [0.1, 0.15) is 61.8 Å². The number of H-pyrrole nitrogens is 1. The van der Waals surface area contributed by atoms with Gasteiger partial charge < -0.3 is 24.3 Å². The van der Waals surface area contributed by atoms with Gasteiger partial charge in [0.2, 0.25) is 0 Å². The summed E-state index contributed by atoms with van der Waals surface area (Å²) in [7, 11) is -0.501. The van der Waals surface area contributed by atoms with Gasteiger partial charge in [0.1, 0.15) is 0 Å². The third-order valence-corrected chi connectivity index (χ3v) is 5.94. The molecule has 2 aliphatic heterocycles. The molecule has 0 spiro atoms. The van der Waals surface area contributed by atoms with Crippen LogP contribution in [-0.2, 0) is 20.7 Å². The van der Waals surface area contributed by atoms with Crippen molar-refractivity contribution in [3.63, 3.8) is 0 Å². The van der Waals surface area contributed by atoms with E-state index >= 15 is 0 Å². The Morgan fingerprint density at radius 3 is 2.46 bits per heavy atom. The number of ether oxygens (including phenoxy) is 1. The Hall–Kier alpha value is -2.09. The number of nitrogens with one attached hydrogen (secondary N) is 2. The third-order valence-electron chi connectivity index (χ3n) is 5.94. The molecule has 0 aliphatic carbocycles. The maximum atomic E-state index is 12.4. The number of carbonyl (C=O) groups is 1. The summed E-state index contributed by atoms with van der Waals surface area (Å²) in [6.45, 7) is 9.20. The average Bonchev–Trinajstić information content (AvgIpc) is 3.26. The molecule has 2 aliphatic rings. The first-order valence-corrected chi connectivity index (χ1v) is 9.78. The molecule has 1 atom stereocenters. The number of hydrogen-bond donors (Lipinski definition) is 2. The second-order valence-corrected chi connectivity index (χ2v) is 8.49. The van der Waals surface area contributed by atoms with E-state index in [9.17, 15) is 4.79 Å². The normalized spacial score (nSPS) is 22.4. The van der Waals surface area contributed by atoms with Gasteiger partial charge in [0.15, 0.2) is 0 Å². The summed E-state index contributed by atoms with van der Waals surface area (Å²) in [6, 6.07) is 11.8. The molecule has 6 nitrogen and oxygen atoms in total. The predicted octanol–water partition coefficient (Wildman–Crippen LogP) is 2.71. The van der Waals surface area contributed by atoms with Crippen molar-refractivity contribution in [3.8, 4) is 0 Å². The molecule has 28 heavy (non-hydrogen) atoms. The summed E-state index contributed by atoms with van der Waals surface area (Å²) in [5.41, 5.74) is 2.64. The Morgan fingerprint density at radius 1 is 1.11 bits per heavy atom.